The van der Waals surface area contributed by atoms with Crippen LogP contribution in [0.4, 0.5) is 0 Å². The van der Waals surface area contributed by atoms with Crippen molar-refractivity contribution < 1.29 is 23.4 Å². The Balaban J connectivity index is 2.56. The fraction of sp³-hybridized carbons (Fsp3) is 0.462. The molecular weight excluding hydrogens is 282 g/mol. The molecule has 1 rings (SSSR count). The Kier molecular flexibility index (Phi) is 6.63. The van der Waals surface area contributed by atoms with Crippen molar-refractivity contribution in [1.82, 2.24) is 4.72 Å². The van der Waals surface area contributed by atoms with Gasteiger partial charge in [-0.3, -0.25) is 4.79 Å². The lowest BCUT2D eigenvalue weighted by Crippen LogP contribution is -2.24. The van der Waals surface area contributed by atoms with Gasteiger partial charge in [0, 0.05) is 13.2 Å². The Morgan fingerprint density at radius 3 is 2.30 bits per heavy atom. The van der Waals surface area contributed by atoms with E-state index in [0.717, 1.165) is 6.42 Å². The van der Waals surface area contributed by atoms with Crippen LogP contribution in [-0.2, 0) is 21.2 Å². The SMILES string of the molecule is O=C(O)Cc1ccc(S(=O)(=O)NCCCCCO)cc1. The van der Waals surface area contributed by atoms with Crippen molar-refractivity contribution in [2.75, 3.05) is 13.2 Å². The molecule has 6 nitrogen and oxygen atoms in total. The summed E-state index contributed by atoms with van der Waals surface area (Å²) < 4.78 is 26.3. The number of unbranched alkanes of at least 4 members (excludes halogenated alkanes) is 2. The second-order valence-electron chi connectivity index (χ2n) is 4.40. The Bertz CT molecular complexity index is 524. The van der Waals surface area contributed by atoms with Crippen LogP contribution >= 0.6 is 0 Å². The minimum absolute atomic E-state index is 0.109. The summed E-state index contributed by atoms with van der Waals surface area (Å²) in [5.41, 5.74) is 0.555. The zero-order chi connectivity index (χ0) is 15.0. The van der Waals surface area contributed by atoms with Crippen LogP contribution in [0.3, 0.4) is 0 Å². The van der Waals surface area contributed by atoms with E-state index < -0.39 is 16.0 Å². The molecule has 0 aliphatic carbocycles. The summed E-state index contributed by atoms with van der Waals surface area (Å²) in [4.78, 5) is 10.6. The number of sulfonamides is 1. The van der Waals surface area contributed by atoms with Crippen molar-refractivity contribution >= 4 is 16.0 Å². The van der Waals surface area contributed by atoms with E-state index in [0.29, 0.717) is 24.9 Å². The molecule has 1 aromatic rings. The highest BCUT2D eigenvalue weighted by atomic mass is 32.2. The van der Waals surface area contributed by atoms with E-state index in [4.69, 9.17) is 10.2 Å². The van der Waals surface area contributed by atoms with E-state index >= 15 is 0 Å². The van der Waals surface area contributed by atoms with Crippen LogP contribution in [-0.4, -0.2) is 37.8 Å². The van der Waals surface area contributed by atoms with Crippen molar-refractivity contribution in [2.45, 2.75) is 30.6 Å². The highest BCUT2D eigenvalue weighted by molar-refractivity contribution is 7.89. The smallest absolute Gasteiger partial charge is 0.307 e. The number of nitrogens with one attached hydrogen (secondary N) is 1. The Labute approximate surface area is 118 Å². The van der Waals surface area contributed by atoms with Crippen LogP contribution in [0.2, 0.25) is 0 Å². The van der Waals surface area contributed by atoms with Crippen molar-refractivity contribution in [2.24, 2.45) is 0 Å². The third kappa shape index (κ3) is 5.68. The van der Waals surface area contributed by atoms with Gasteiger partial charge in [-0.15, -0.1) is 0 Å². The van der Waals surface area contributed by atoms with Crippen LogP contribution < -0.4 is 4.72 Å². The number of aliphatic hydroxyl groups excluding tert-OH is 1. The summed E-state index contributed by atoms with van der Waals surface area (Å²) >= 11 is 0. The highest BCUT2D eigenvalue weighted by Crippen LogP contribution is 2.11. The van der Waals surface area contributed by atoms with E-state index in [1.165, 1.54) is 24.3 Å². The van der Waals surface area contributed by atoms with Gasteiger partial charge in [-0.05, 0) is 37.0 Å². The Morgan fingerprint density at radius 1 is 1.10 bits per heavy atom. The van der Waals surface area contributed by atoms with Crippen LogP contribution in [0.1, 0.15) is 24.8 Å². The molecule has 0 saturated heterocycles. The lowest BCUT2D eigenvalue weighted by Gasteiger charge is -2.07. The van der Waals surface area contributed by atoms with E-state index in [1.54, 1.807) is 0 Å². The maximum atomic E-state index is 11.9. The van der Waals surface area contributed by atoms with Crippen molar-refractivity contribution in [3.8, 4) is 0 Å². The van der Waals surface area contributed by atoms with Gasteiger partial charge in [0.1, 0.15) is 0 Å². The van der Waals surface area contributed by atoms with Gasteiger partial charge >= 0.3 is 5.97 Å². The normalized spacial score (nSPS) is 11.4. The summed E-state index contributed by atoms with van der Waals surface area (Å²) in [6, 6.07) is 5.78. The molecule has 0 fully saturated rings. The molecule has 1 aromatic carbocycles. The van der Waals surface area contributed by atoms with Crippen LogP contribution in [0.15, 0.2) is 29.2 Å². The predicted molar refractivity (Wildman–Crippen MR) is 73.9 cm³/mol. The molecule has 20 heavy (non-hydrogen) atoms. The first-order valence-electron chi connectivity index (χ1n) is 6.37. The first-order chi connectivity index (χ1) is 9.45. The number of carbonyl (C=O) groups is 1. The average Bonchev–Trinajstić information content (AvgIpc) is 2.38. The topological polar surface area (TPSA) is 104 Å². The van der Waals surface area contributed by atoms with E-state index in [9.17, 15) is 13.2 Å². The third-order valence-corrected chi connectivity index (χ3v) is 4.19. The molecule has 7 heteroatoms. The summed E-state index contributed by atoms with van der Waals surface area (Å²) in [6.45, 7) is 0.428. The summed E-state index contributed by atoms with van der Waals surface area (Å²) in [6.07, 6.45) is 1.95. The van der Waals surface area contributed by atoms with Crippen molar-refractivity contribution in [1.29, 1.82) is 0 Å². The molecule has 112 valence electrons. The summed E-state index contributed by atoms with van der Waals surface area (Å²) in [7, 11) is -3.55. The molecule has 0 spiro atoms. The van der Waals surface area contributed by atoms with Gasteiger partial charge in [-0.2, -0.15) is 0 Å². The van der Waals surface area contributed by atoms with E-state index in [2.05, 4.69) is 4.72 Å². The summed E-state index contributed by atoms with van der Waals surface area (Å²) in [5, 5.41) is 17.2. The third-order valence-electron chi connectivity index (χ3n) is 2.72. The Hall–Kier alpha value is -1.44. The molecule has 0 atom stereocenters. The number of carboxylic acid groups (broad SMARTS) is 1. The fourth-order valence-corrected chi connectivity index (χ4v) is 2.74. The van der Waals surface area contributed by atoms with Crippen LogP contribution in [0, 0.1) is 0 Å². The molecule has 0 heterocycles. The lowest BCUT2D eigenvalue weighted by atomic mass is 10.2. The maximum Gasteiger partial charge on any atom is 0.307 e. The second kappa shape index (κ2) is 7.98. The molecule has 0 saturated carbocycles. The number of hydrogen-bond donors (Lipinski definition) is 3. The number of hydrogen-bond acceptors (Lipinski definition) is 4. The highest BCUT2D eigenvalue weighted by Gasteiger charge is 2.13. The monoisotopic (exact) mass is 301 g/mol. The minimum atomic E-state index is -3.55. The largest absolute Gasteiger partial charge is 0.481 e. The second-order valence-corrected chi connectivity index (χ2v) is 6.16. The molecule has 0 radical (unpaired) electrons. The number of benzene rings is 1. The standard InChI is InChI=1S/C13H19NO5S/c15-9-3-1-2-8-14-20(18,19)12-6-4-11(5-7-12)10-13(16)17/h4-7,14-15H,1-3,8-10H2,(H,16,17). The van der Waals surface area contributed by atoms with E-state index in [1.807, 2.05) is 0 Å². The van der Waals surface area contributed by atoms with Gasteiger partial charge in [0.05, 0.1) is 11.3 Å². The average molecular weight is 301 g/mol. The molecular formula is C13H19NO5S. The maximum absolute atomic E-state index is 11.9. The van der Waals surface area contributed by atoms with Crippen molar-refractivity contribution in [3.05, 3.63) is 29.8 Å². The zero-order valence-electron chi connectivity index (χ0n) is 11.1. The zero-order valence-corrected chi connectivity index (χ0v) is 11.9. The first kappa shape index (κ1) is 16.6. The Morgan fingerprint density at radius 2 is 1.75 bits per heavy atom. The first-order valence-corrected chi connectivity index (χ1v) is 7.85. The van der Waals surface area contributed by atoms with Gasteiger partial charge in [0.25, 0.3) is 0 Å². The van der Waals surface area contributed by atoms with Crippen molar-refractivity contribution in [3.63, 3.8) is 0 Å². The fourth-order valence-electron chi connectivity index (χ4n) is 1.66. The summed E-state index contributed by atoms with van der Waals surface area (Å²) in [5.74, 6) is -0.956. The molecule has 3 N–H and O–H groups in total. The van der Waals surface area contributed by atoms with Gasteiger partial charge < -0.3 is 10.2 Å². The number of carboxylic acids is 1. The van der Waals surface area contributed by atoms with E-state index in [-0.39, 0.29) is 17.9 Å². The number of rotatable bonds is 9. The minimum Gasteiger partial charge on any atom is -0.481 e. The van der Waals surface area contributed by atoms with Gasteiger partial charge in [0.15, 0.2) is 0 Å². The molecule has 0 amide bonds. The van der Waals surface area contributed by atoms with Crippen LogP contribution in [0.5, 0.6) is 0 Å². The molecule has 0 bridgehead atoms. The van der Waals surface area contributed by atoms with Crippen LogP contribution in [0.25, 0.3) is 0 Å². The van der Waals surface area contributed by atoms with Gasteiger partial charge in [-0.1, -0.05) is 12.1 Å². The lowest BCUT2D eigenvalue weighted by molar-refractivity contribution is -0.136. The molecule has 0 unspecified atom stereocenters. The van der Waals surface area contributed by atoms with Gasteiger partial charge in [-0.25, -0.2) is 13.1 Å². The quantitative estimate of drug-likeness (QED) is 0.584. The molecule has 0 aliphatic heterocycles. The predicted octanol–water partition coefficient (Wildman–Crippen LogP) is 0.755. The molecule has 0 aromatic heterocycles. The number of aliphatic hydroxyl groups is 1. The molecule has 0 aliphatic rings. The van der Waals surface area contributed by atoms with Gasteiger partial charge in [0.2, 0.25) is 10.0 Å². The number of aliphatic carboxylic acids is 1.